The normalized spacial score (nSPS) is 16.6. The van der Waals surface area contributed by atoms with Gasteiger partial charge in [-0.3, -0.25) is 0 Å². The van der Waals surface area contributed by atoms with Crippen LogP contribution < -0.4 is 5.63 Å². The number of aryl methyl sites for hydroxylation is 1. The van der Waals surface area contributed by atoms with Gasteiger partial charge in [-0.1, -0.05) is 12.1 Å². The van der Waals surface area contributed by atoms with Crippen LogP contribution in [0.3, 0.4) is 0 Å². The standard InChI is InChI=1S/C20H21NO4/c22-16(12-21-10-3-4-11-21)19(23)15-8-5-9-17-18(15)13-6-1-2-7-14(13)20(24)25-17/h3-5,8-11,16,19,22-23H,1-2,6-7,12H2. The predicted octanol–water partition coefficient (Wildman–Crippen LogP) is 2.57. The Morgan fingerprint density at radius 3 is 2.52 bits per heavy atom. The summed E-state index contributed by atoms with van der Waals surface area (Å²) in [5.74, 6) is 0. The Hall–Kier alpha value is -2.37. The number of hydrogen-bond donors (Lipinski definition) is 2. The summed E-state index contributed by atoms with van der Waals surface area (Å²) in [7, 11) is 0. The van der Waals surface area contributed by atoms with Crippen molar-refractivity contribution in [3.05, 3.63) is 69.8 Å². The Kier molecular flexibility index (Phi) is 4.19. The number of nitrogens with zero attached hydrogens (tertiary/aromatic N) is 1. The average Bonchev–Trinajstić information content (AvgIpc) is 3.13. The highest BCUT2D eigenvalue weighted by atomic mass is 16.4. The van der Waals surface area contributed by atoms with Crippen molar-refractivity contribution in [3.8, 4) is 0 Å². The van der Waals surface area contributed by atoms with Gasteiger partial charge in [0.1, 0.15) is 17.8 Å². The lowest BCUT2D eigenvalue weighted by Gasteiger charge is -2.23. The number of aliphatic hydroxyl groups excluding tert-OH is 2. The highest BCUT2D eigenvalue weighted by Crippen LogP contribution is 2.33. The fourth-order valence-electron chi connectivity index (χ4n) is 3.79. The molecule has 1 aliphatic carbocycles. The second-order valence-corrected chi connectivity index (χ2v) is 6.67. The van der Waals surface area contributed by atoms with Gasteiger partial charge in [0, 0.05) is 23.3 Å². The van der Waals surface area contributed by atoms with Gasteiger partial charge in [-0.2, -0.15) is 0 Å². The molecule has 2 N–H and O–H groups in total. The third kappa shape index (κ3) is 2.90. The second-order valence-electron chi connectivity index (χ2n) is 6.67. The molecule has 2 unspecified atom stereocenters. The van der Waals surface area contributed by atoms with E-state index in [4.69, 9.17) is 4.42 Å². The van der Waals surface area contributed by atoms with Gasteiger partial charge >= 0.3 is 5.63 Å². The van der Waals surface area contributed by atoms with E-state index in [1.54, 1.807) is 18.2 Å². The third-order valence-electron chi connectivity index (χ3n) is 5.02. The van der Waals surface area contributed by atoms with Crippen LogP contribution in [-0.2, 0) is 19.4 Å². The number of hydrogen-bond acceptors (Lipinski definition) is 4. The zero-order valence-corrected chi connectivity index (χ0v) is 13.9. The Balaban J connectivity index is 1.80. The molecule has 5 heteroatoms. The third-order valence-corrected chi connectivity index (χ3v) is 5.02. The zero-order chi connectivity index (χ0) is 17.4. The van der Waals surface area contributed by atoms with E-state index in [2.05, 4.69) is 0 Å². The van der Waals surface area contributed by atoms with Crippen LogP contribution in [0.4, 0.5) is 0 Å². The van der Waals surface area contributed by atoms with Crippen molar-refractivity contribution in [1.29, 1.82) is 0 Å². The summed E-state index contributed by atoms with van der Waals surface area (Å²) in [6.45, 7) is 0.295. The molecule has 0 fully saturated rings. The molecule has 130 valence electrons. The van der Waals surface area contributed by atoms with E-state index in [0.717, 1.165) is 35.8 Å². The maximum Gasteiger partial charge on any atom is 0.339 e. The number of rotatable bonds is 4. The van der Waals surface area contributed by atoms with Crippen LogP contribution in [0, 0.1) is 0 Å². The Morgan fingerprint density at radius 1 is 1.04 bits per heavy atom. The molecule has 0 radical (unpaired) electrons. The molecule has 25 heavy (non-hydrogen) atoms. The molecule has 5 nitrogen and oxygen atoms in total. The summed E-state index contributed by atoms with van der Waals surface area (Å²) < 4.78 is 7.31. The van der Waals surface area contributed by atoms with Gasteiger partial charge in [-0.15, -0.1) is 0 Å². The molecule has 2 aromatic heterocycles. The van der Waals surface area contributed by atoms with Gasteiger partial charge in [0.15, 0.2) is 0 Å². The first-order chi connectivity index (χ1) is 12.1. The van der Waals surface area contributed by atoms with Crippen molar-refractivity contribution in [2.45, 2.75) is 44.4 Å². The van der Waals surface area contributed by atoms with Gasteiger partial charge in [0.2, 0.25) is 0 Å². The Labute approximate surface area is 145 Å². The minimum Gasteiger partial charge on any atom is -0.422 e. The number of fused-ring (bicyclic) bond motifs is 3. The van der Waals surface area contributed by atoms with Crippen LogP contribution in [0.15, 0.2) is 51.9 Å². The quantitative estimate of drug-likeness (QED) is 0.717. The van der Waals surface area contributed by atoms with Crippen molar-refractivity contribution < 1.29 is 14.6 Å². The van der Waals surface area contributed by atoms with Crippen LogP contribution in [0.5, 0.6) is 0 Å². The minimum absolute atomic E-state index is 0.276. The molecule has 2 heterocycles. The summed E-state index contributed by atoms with van der Waals surface area (Å²) in [6, 6.07) is 9.06. The highest BCUT2D eigenvalue weighted by Gasteiger charge is 2.25. The molecule has 0 spiro atoms. The second kappa shape index (κ2) is 6.50. The van der Waals surface area contributed by atoms with E-state index in [9.17, 15) is 15.0 Å². The first kappa shape index (κ1) is 16.1. The molecule has 4 rings (SSSR count). The predicted molar refractivity (Wildman–Crippen MR) is 94.5 cm³/mol. The molecule has 0 saturated carbocycles. The molecule has 0 saturated heterocycles. The lowest BCUT2D eigenvalue weighted by molar-refractivity contribution is 0.00901. The number of aliphatic hydroxyl groups is 2. The number of benzene rings is 1. The van der Waals surface area contributed by atoms with E-state index in [0.29, 0.717) is 24.1 Å². The van der Waals surface area contributed by atoms with Gasteiger partial charge in [0.25, 0.3) is 0 Å². The van der Waals surface area contributed by atoms with Gasteiger partial charge in [-0.05, 0) is 55.0 Å². The Morgan fingerprint density at radius 2 is 1.76 bits per heavy atom. The first-order valence-corrected chi connectivity index (χ1v) is 8.69. The minimum atomic E-state index is -1.05. The topological polar surface area (TPSA) is 75.6 Å². The van der Waals surface area contributed by atoms with Gasteiger partial charge < -0.3 is 19.2 Å². The molecule has 1 aliphatic rings. The summed E-state index contributed by atoms with van der Waals surface area (Å²) in [5.41, 5.74) is 2.52. The van der Waals surface area contributed by atoms with Crippen LogP contribution in [0.25, 0.3) is 11.0 Å². The lowest BCUT2D eigenvalue weighted by Crippen LogP contribution is -2.24. The SMILES string of the molecule is O=c1oc2cccc(C(O)C(O)Cn3cccc3)c2c2c1CCCC2. The lowest BCUT2D eigenvalue weighted by atomic mass is 9.87. The molecular weight excluding hydrogens is 318 g/mol. The largest absolute Gasteiger partial charge is 0.422 e. The molecule has 2 atom stereocenters. The van der Waals surface area contributed by atoms with Crippen molar-refractivity contribution in [2.75, 3.05) is 0 Å². The first-order valence-electron chi connectivity index (χ1n) is 8.69. The van der Waals surface area contributed by atoms with Crippen molar-refractivity contribution >= 4 is 11.0 Å². The smallest absolute Gasteiger partial charge is 0.339 e. The summed E-state index contributed by atoms with van der Waals surface area (Å²) in [4.78, 5) is 12.2. The monoisotopic (exact) mass is 339 g/mol. The van der Waals surface area contributed by atoms with Crippen molar-refractivity contribution in [1.82, 2.24) is 4.57 Å². The van der Waals surface area contributed by atoms with Crippen LogP contribution in [0.2, 0.25) is 0 Å². The molecule has 0 bridgehead atoms. The fraction of sp³-hybridized carbons (Fsp3) is 0.350. The Bertz CT molecular complexity index is 942. The highest BCUT2D eigenvalue weighted by molar-refractivity contribution is 5.85. The zero-order valence-electron chi connectivity index (χ0n) is 13.9. The summed E-state index contributed by atoms with van der Waals surface area (Å²) in [5, 5.41) is 22.1. The molecule has 0 aliphatic heterocycles. The van der Waals surface area contributed by atoms with E-state index >= 15 is 0 Å². The van der Waals surface area contributed by atoms with E-state index in [1.165, 1.54) is 0 Å². The maximum absolute atomic E-state index is 12.2. The molecular formula is C20H21NO4. The average molecular weight is 339 g/mol. The van der Waals surface area contributed by atoms with E-state index < -0.39 is 12.2 Å². The van der Waals surface area contributed by atoms with Crippen molar-refractivity contribution in [3.63, 3.8) is 0 Å². The fourth-order valence-corrected chi connectivity index (χ4v) is 3.79. The van der Waals surface area contributed by atoms with Gasteiger partial charge in [-0.25, -0.2) is 4.79 Å². The summed E-state index contributed by atoms with van der Waals surface area (Å²) >= 11 is 0. The molecule has 1 aromatic carbocycles. The van der Waals surface area contributed by atoms with Gasteiger partial charge in [0.05, 0.1) is 6.54 Å². The molecule has 0 amide bonds. The molecule has 3 aromatic rings. The summed E-state index contributed by atoms with van der Waals surface area (Å²) in [6.07, 6.45) is 5.19. The maximum atomic E-state index is 12.2. The number of aromatic nitrogens is 1. The van der Waals surface area contributed by atoms with Crippen molar-refractivity contribution in [2.24, 2.45) is 0 Å². The van der Waals surface area contributed by atoms with E-state index in [-0.39, 0.29) is 5.63 Å². The van der Waals surface area contributed by atoms with E-state index in [1.807, 2.05) is 29.1 Å². The van der Waals surface area contributed by atoms with Crippen LogP contribution in [-0.4, -0.2) is 20.9 Å². The van der Waals surface area contributed by atoms with Crippen LogP contribution in [0.1, 0.15) is 35.6 Å². The van der Waals surface area contributed by atoms with Crippen LogP contribution >= 0.6 is 0 Å².